The molecule has 4 nitrogen and oxygen atoms in total. The highest BCUT2D eigenvalue weighted by molar-refractivity contribution is 4.80. The van der Waals surface area contributed by atoms with Gasteiger partial charge >= 0.3 is 0 Å². The van der Waals surface area contributed by atoms with Gasteiger partial charge in [-0.2, -0.15) is 0 Å². The Labute approximate surface area is 111 Å². The molecule has 0 bridgehead atoms. The van der Waals surface area contributed by atoms with E-state index in [0.29, 0.717) is 25.8 Å². The number of aliphatic hydroxyl groups is 1. The molecule has 0 saturated heterocycles. The topological polar surface area (TPSA) is 41.9 Å². The van der Waals surface area contributed by atoms with Crippen molar-refractivity contribution in [1.29, 1.82) is 0 Å². The normalized spacial score (nSPS) is 19.5. The first-order valence-corrected chi connectivity index (χ1v) is 7.05. The number of ether oxygens (including phenoxy) is 2. The summed E-state index contributed by atoms with van der Waals surface area (Å²) in [4.78, 5) is 2.35. The third kappa shape index (κ3) is 6.69. The number of hydrogen-bond donors (Lipinski definition) is 1. The highest BCUT2D eigenvalue weighted by Gasteiger charge is 2.26. The van der Waals surface area contributed by atoms with Gasteiger partial charge in [0, 0.05) is 26.2 Å². The molecule has 1 rings (SSSR count). The summed E-state index contributed by atoms with van der Waals surface area (Å²) in [7, 11) is 1.66. The van der Waals surface area contributed by atoms with Crippen molar-refractivity contribution < 1.29 is 14.6 Å². The molecule has 108 valence electrons. The Morgan fingerprint density at radius 1 is 1.22 bits per heavy atom. The molecule has 0 aromatic carbocycles. The molecule has 1 aliphatic rings. The van der Waals surface area contributed by atoms with Crippen molar-refractivity contribution in [2.45, 2.75) is 51.9 Å². The summed E-state index contributed by atoms with van der Waals surface area (Å²) in [5.41, 5.74) is 0. The van der Waals surface area contributed by atoms with Crippen LogP contribution in [-0.4, -0.2) is 61.7 Å². The minimum atomic E-state index is -0.412. The molecule has 0 radical (unpaired) electrons. The van der Waals surface area contributed by atoms with E-state index in [4.69, 9.17) is 9.47 Å². The van der Waals surface area contributed by atoms with E-state index in [1.807, 2.05) is 6.92 Å². The zero-order chi connectivity index (χ0) is 13.5. The minimum Gasteiger partial charge on any atom is -0.389 e. The van der Waals surface area contributed by atoms with Gasteiger partial charge in [-0.3, -0.25) is 4.90 Å². The fraction of sp³-hybridized carbons (Fsp3) is 1.00. The van der Waals surface area contributed by atoms with Crippen molar-refractivity contribution in [1.82, 2.24) is 4.90 Å². The van der Waals surface area contributed by atoms with Crippen LogP contribution in [0.25, 0.3) is 0 Å². The average molecular weight is 259 g/mol. The molecule has 4 heteroatoms. The summed E-state index contributed by atoms with van der Waals surface area (Å²) < 4.78 is 10.5. The molecule has 18 heavy (non-hydrogen) atoms. The van der Waals surface area contributed by atoms with E-state index < -0.39 is 6.10 Å². The molecule has 0 heterocycles. The zero-order valence-corrected chi connectivity index (χ0v) is 12.3. The number of aliphatic hydroxyl groups excluding tert-OH is 1. The maximum Gasteiger partial charge on any atom is 0.0900 e. The van der Waals surface area contributed by atoms with Gasteiger partial charge in [0.15, 0.2) is 0 Å². The fourth-order valence-electron chi connectivity index (χ4n) is 2.01. The molecule has 0 amide bonds. The van der Waals surface area contributed by atoms with Crippen LogP contribution < -0.4 is 0 Å². The standard InChI is InChI=1S/C14H29NO3/c1-11(2)15(7-13-5-6-13)8-14(16)10-18-12(3)9-17-4/h11-14,16H,5-10H2,1-4H3. The molecule has 1 aliphatic carbocycles. The van der Waals surface area contributed by atoms with Crippen LogP contribution in [0.4, 0.5) is 0 Å². The number of nitrogens with zero attached hydrogens (tertiary/aromatic N) is 1. The molecule has 1 N–H and O–H groups in total. The Morgan fingerprint density at radius 3 is 2.39 bits per heavy atom. The third-order valence-electron chi connectivity index (χ3n) is 3.34. The first-order valence-electron chi connectivity index (χ1n) is 7.05. The summed E-state index contributed by atoms with van der Waals surface area (Å²) in [6.45, 7) is 9.10. The molecule has 0 aromatic heterocycles. The lowest BCUT2D eigenvalue weighted by Crippen LogP contribution is -2.41. The maximum absolute atomic E-state index is 10.0. The van der Waals surface area contributed by atoms with Crippen molar-refractivity contribution in [3.05, 3.63) is 0 Å². The van der Waals surface area contributed by atoms with E-state index in [-0.39, 0.29) is 6.10 Å². The molecule has 1 saturated carbocycles. The van der Waals surface area contributed by atoms with Crippen molar-refractivity contribution in [3.63, 3.8) is 0 Å². The summed E-state index contributed by atoms with van der Waals surface area (Å²) in [5, 5.41) is 10.0. The predicted octanol–water partition coefficient (Wildman–Crippen LogP) is 1.52. The van der Waals surface area contributed by atoms with E-state index in [2.05, 4.69) is 18.7 Å². The predicted molar refractivity (Wildman–Crippen MR) is 72.7 cm³/mol. The van der Waals surface area contributed by atoms with Gasteiger partial charge in [0.2, 0.25) is 0 Å². The monoisotopic (exact) mass is 259 g/mol. The average Bonchev–Trinajstić information content (AvgIpc) is 3.09. The van der Waals surface area contributed by atoms with Gasteiger partial charge in [-0.05, 0) is 39.5 Å². The minimum absolute atomic E-state index is 0.0422. The second-order valence-corrected chi connectivity index (χ2v) is 5.74. The third-order valence-corrected chi connectivity index (χ3v) is 3.34. The highest BCUT2D eigenvalue weighted by atomic mass is 16.5. The Morgan fingerprint density at radius 2 is 1.89 bits per heavy atom. The van der Waals surface area contributed by atoms with Crippen LogP contribution in [0.5, 0.6) is 0 Å². The van der Waals surface area contributed by atoms with E-state index in [1.165, 1.54) is 12.8 Å². The van der Waals surface area contributed by atoms with Gasteiger partial charge in [0.05, 0.1) is 25.4 Å². The fourth-order valence-corrected chi connectivity index (χ4v) is 2.01. The van der Waals surface area contributed by atoms with Crippen molar-refractivity contribution in [3.8, 4) is 0 Å². The lowest BCUT2D eigenvalue weighted by Gasteiger charge is -2.29. The molecule has 1 fully saturated rings. The lowest BCUT2D eigenvalue weighted by atomic mass is 10.2. The Bertz CT molecular complexity index is 219. The van der Waals surface area contributed by atoms with E-state index >= 15 is 0 Å². The SMILES string of the molecule is COCC(C)OCC(O)CN(CC1CC1)C(C)C. The van der Waals surface area contributed by atoms with Crippen LogP contribution >= 0.6 is 0 Å². The van der Waals surface area contributed by atoms with Gasteiger partial charge in [0.1, 0.15) is 0 Å². The van der Waals surface area contributed by atoms with E-state index in [0.717, 1.165) is 12.5 Å². The first kappa shape index (κ1) is 15.9. The van der Waals surface area contributed by atoms with Crippen LogP contribution in [0, 0.1) is 5.92 Å². The maximum atomic E-state index is 10.0. The van der Waals surface area contributed by atoms with Crippen molar-refractivity contribution >= 4 is 0 Å². The second-order valence-electron chi connectivity index (χ2n) is 5.74. The van der Waals surface area contributed by atoms with Gasteiger partial charge in [0.25, 0.3) is 0 Å². The second kappa shape index (κ2) is 8.10. The molecule has 0 spiro atoms. The zero-order valence-electron chi connectivity index (χ0n) is 12.3. The van der Waals surface area contributed by atoms with Crippen LogP contribution in [0.1, 0.15) is 33.6 Å². The van der Waals surface area contributed by atoms with Crippen LogP contribution in [-0.2, 0) is 9.47 Å². The van der Waals surface area contributed by atoms with Gasteiger partial charge < -0.3 is 14.6 Å². The summed E-state index contributed by atoms with van der Waals surface area (Å²) in [5.74, 6) is 0.855. The lowest BCUT2D eigenvalue weighted by molar-refractivity contribution is -0.0422. The molecule has 0 aliphatic heterocycles. The van der Waals surface area contributed by atoms with Gasteiger partial charge in [-0.1, -0.05) is 0 Å². The molecule has 2 atom stereocenters. The summed E-state index contributed by atoms with van der Waals surface area (Å²) >= 11 is 0. The number of hydrogen-bond acceptors (Lipinski definition) is 4. The van der Waals surface area contributed by atoms with E-state index in [9.17, 15) is 5.11 Å². The van der Waals surface area contributed by atoms with Crippen molar-refractivity contribution in [2.24, 2.45) is 5.92 Å². The summed E-state index contributed by atoms with van der Waals surface area (Å²) in [6.07, 6.45) is 2.33. The number of methoxy groups -OCH3 is 1. The van der Waals surface area contributed by atoms with Crippen LogP contribution in [0.15, 0.2) is 0 Å². The Balaban J connectivity index is 2.20. The van der Waals surface area contributed by atoms with Crippen LogP contribution in [0.3, 0.4) is 0 Å². The van der Waals surface area contributed by atoms with Gasteiger partial charge in [-0.25, -0.2) is 0 Å². The largest absolute Gasteiger partial charge is 0.389 e. The van der Waals surface area contributed by atoms with Gasteiger partial charge in [-0.15, -0.1) is 0 Å². The summed E-state index contributed by atoms with van der Waals surface area (Å²) in [6, 6.07) is 0.483. The first-order chi connectivity index (χ1) is 8.52. The molecule has 2 unspecified atom stereocenters. The van der Waals surface area contributed by atoms with Crippen LogP contribution in [0.2, 0.25) is 0 Å². The Kier molecular flexibility index (Phi) is 7.15. The number of rotatable bonds is 10. The molecular formula is C14H29NO3. The highest BCUT2D eigenvalue weighted by Crippen LogP contribution is 2.30. The molecule has 0 aromatic rings. The van der Waals surface area contributed by atoms with E-state index in [1.54, 1.807) is 7.11 Å². The Hall–Kier alpha value is -0.160. The molecular weight excluding hydrogens is 230 g/mol. The van der Waals surface area contributed by atoms with Crippen molar-refractivity contribution in [2.75, 3.05) is 33.4 Å². The smallest absolute Gasteiger partial charge is 0.0900 e. The quantitative estimate of drug-likeness (QED) is 0.646.